The molecule has 2 saturated heterocycles. The van der Waals surface area contributed by atoms with Crippen LogP contribution in [0.3, 0.4) is 0 Å². The molecule has 3 aliphatic heterocycles. The lowest BCUT2D eigenvalue weighted by molar-refractivity contribution is -0.140. The Morgan fingerprint density at radius 3 is 3.15 bits per heavy atom. The highest BCUT2D eigenvalue weighted by Gasteiger charge is 2.51. The lowest BCUT2D eigenvalue weighted by Gasteiger charge is -2.46. The highest BCUT2D eigenvalue weighted by Crippen LogP contribution is 2.47. The summed E-state index contributed by atoms with van der Waals surface area (Å²) in [5, 5.41) is 0. The van der Waals surface area contributed by atoms with Crippen LogP contribution in [0.4, 0.5) is 5.69 Å². The maximum absolute atomic E-state index is 13.0. The van der Waals surface area contributed by atoms with Crippen molar-refractivity contribution in [3.63, 3.8) is 0 Å². The Morgan fingerprint density at radius 2 is 2.33 bits per heavy atom. The van der Waals surface area contributed by atoms with E-state index in [4.69, 9.17) is 4.74 Å². The Labute approximate surface area is 159 Å². The van der Waals surface area contributed by atoms with Gasteiger partial charge in [0.05, 0.1) is 11.4 Å². The number of pyridine rings is 1. The summed E-state index contributed by atoms with van der Waals surface area (Å²) in [7, 11) is 0. The van der Waals surface area contributed by atoms with Crippen molar-refractivity contribution in [2.75, 3.05) is 31.1 Å². The van der Waals surface area contributed by atoms with E-state index in [1.807, 2.05) is 23.2 Å². The first-order valence-electron chi connectivity index (χ1n) is 9.67. The summed E-state index contributed by atoms with van der Waals surface area (Å²) in [6, 6.07) is 8.31. The number of carbonyl (C=O) groups is 1. The van der Waals surface area contributed by atoms with E-state index < -0.39 is 0 Å². The van der Waals surface area contributed by atoms with Crippen LogP contribution in [0.5, 0.6) is 0 Å². The van der Waals surface area contributed by atoms with E-state index in [0.717, 1.165) is 37.3 Å². The van der Waals surface area contributed by atoms with Crippen molar-refractivity contribution in [1.29, 1.82) is 0 Å². The van der Waals surface area contributed by atoms with Crippen LogP contribution in [0, 0.1) is 0 Å². The Bertz CT molecular complexity index is 886. The van der Waals surface area contributed by atoms with Gasteiger partial charge < -0.3 is 19.1 Å². The van der Waals surface area contributed by atoms with Crippen LogP contribution in [0.1, 0.15) is 25.0 Å². The van der Waals surface area contributed by atoms with Gasteiger partial charge in [0.15, 0.2) is 5.82 Å². The van der Waals surface area contributed by atoms with Crippen molar-refractivity contribution in [1.82, 2.24) is 14.5 Å². The molecule has 1 spiro atoms. The molecule has 0 radical (unpaired) electrons. The quantitative estimate of drug-likeness (QED) is 0.785. The monoisotopic (exact) mass is 364 g/mol. The smallest absolute Gasteiger partial charge is 0.251 e. The number of aromatic nitrogens is 2. The van der Waals surface area contributed by atoms with E-state index >= 15 is 0 Å². The zero-order chi connectivity index (χ0) is 18.4. The molecule has 27 heavy (non-hydrogen) atoms. The largest absolute Gasteiger partial charge is 0.368 e. The molecule has 140 valence electrons. The van der Waals surface area contributed by atoms with Crippen LogP contribution in [-0.2, 0) is 15.1 Å². The third kappa shape index (κ3) is 2.36. The molecule has 3 aliphatic rings. The maximum atomic E-state index is 13.0. The molecule has 1 amide bonds. The average molecular weight is 364 g/mol. The summed E-state index contributed by atoms with van der Waals surface area (Å²) in [5.41, 5.74) is 2.02. The Hall–Kier alpha value is -2.60. The van der Waals surface area contributed by atoms with E-state index in [1.165, 1.54) is 5.69 Å². The predicted octanol–water partition coefficient (Wildman–Crippen LogP) is 2.48. The third-order valence-electron chi connectivity index (χ3n) is 6.10. The molecular weight excluding hydrogens is 340 g/mol. The highest BCUT2D eigenvalue weighted by atomic mass is 16.5. The second-order valence-corrected chi connectivity index (χ2v) is 7.55. The van der Waals surface area contributed by atoms with Crippen LogP contribution in [0.2, 0.25) is 0 Å². The Kier molecular flexibility index (Phi) is 3.82. The topological polar surface area (TPSA) is 50.6 Å². The minimum Gasteiger partial charge on any atom is -0.368 e. The zero-order valence-electron chi connectivity index (χ0n) is 15.4. The maximum Gasteiger partial charge on any atom is 0.251 e. The third-order valence-corrected chi connectivity index (χ3v) is 6.10. The number of anilines is 1. The molecule has 2 atom stereocenters. The molecule has 0 N–H and O–H groups in total. The second-order valence-electron chi connectivity index (χ2n) is 7.55. The van der Waals surface area contributed by atoms with Crippen molar-refractivity contribution in [3.8, 4) is 5.82 Å². The van der Waals surface area contributed by atoms with E-state index in [1.54, 1.807) is 0 Å². The van der Waals surface area contributed by atoms with Crippen LogP contribution in [0.25, 0.3) is 5.82 Å². The molecular formula is C21H24N4O2. The number of fused-ring (bicyclic) bond motifs is 4. The van der Waals surface area contributed by atoms with E-state index in [9.17, 15) is 4.79 Å². The summed E-state index contributed by atoms with van der Waals surface area (Å²) in [5.74, 6) is 1.08. The molecule has 5 rings (SSSR count). The average Bonchev–Trinajstić information content (AvgIpc) is 3.46. The van der Waals surface area contributed by atoms with Gasteiger partial charge in [-0.3, -0.25) is 4.79 Å². The molecule has 6 heteroatoms. The van der Waals surface area contributed by atoms with Gasteiger partial charge >= 0.3 is 0 Å². The van der Waals surface area contributed by atoms with Crippen LogP contribution in [0.15, 0.2) is 49.3 Å². The standard InChI is InChI=1S/C21H24N4O2/c1-2-11-25-16-6-3-10-22-19(16)24-12-4-8-18(24)21(25)9-13-23(15-21)20(26)17-7-5-14-27-17/h2-4,6,8,10,12,17H,1,5,7,9,11,13-15H2/t17-,21+/m1/s1. The van der Waals surface area contributed by atoms with Crippen LogP contribution >= 0.6 is 0 Å². The molecule has 0 unspecified atom stereocenters. The first-order valence-corrected chi connectivity index (χ1v) is 9.67. The van der Waals surface area contributed by atoms with E-state index in [0.29, 0.717) is 19.7 Å². The first kappa shape index (κ1) is 16.6. The molecule has 0 aromatic carbocycles. The fourth-order valence-electron chi connectivity index (χ4n) is 4.89. The number of nitrogens with zero attached hydrogens (tertiary/aromatic N) is 4. The van der Waals surface area contributed by atoms with Crippen LogP contribution in [-0.4, -0.2) is 52.7 Å². The van der Waals surface area contributed by atoms with Crippen molar-refractivity contribution in [2.45, 2.75) is 30.9 Å². The fourth-order valence-corrected chi connectivity index (χ4v) is 4.89. The van der Waals surface area contributed by atoms with Gasteiger partial charge in [0.1, 0.15) is 11.6 Å². The minimum atomic E-state index is -0.266. The number of carbonyl (C=O) groups excluding carboxylic acids is 1. The summed E-state index contributed by atoms with van der Waals surface area (Å²) in [6.07, 6.45) is 8.26. The highest BCUT2D eigenvalue weighted by molar-refractivity contribution is 5.82. The lowest BCUT2D eigenvalue weighted by Crippen LogP contribution is -2.53. The number of hydrogen-bond donors (Lipinski definition) is 0. The van der Waals surface area contributed by atoms with Gasteiger partial charge in [0.2, 0.25) is 0 Å². The predicted molar refractivity (Wildman–Crippen MR) is 103 cm³/mol. The molecule has 0 aliphatic carbocycles. The minimum absolute atomic E-state index is 0.137. The van der Waals surface area contributed by atoms with E-state index in [-0.39, 0.29) is 17.6 Å². The normalized spacial score (nSPS) is 26.3. The fraction of sp³-hybridized carbons (Fsp3) is 0.429. The van der Waals surface area contributed by atoms with Gasteiger partial charge in [-0.25, -0.2) is 4.98 Å². The Morgan fingerprint density at radius 1 is 1.41 bits per heavy atom. The molecule has 2 aromatic rings. The molecule has 2 fully saturated rings. The molecule has 0 bridgehead atoms. The number of hydrogen-bond acceptors (Lipinski definition) is 4. The van der Waals surface area contributed by atoms with Crippen LogP contribution < -0.4 is 4.90 Å². The van der Waals surface area contributed by atoms with Crippen molar-refractivity contribution in [2.24, 2.45) is 0 Å². The molecule has 2 aromatic heterocycles. The van der Waals surface area contributed by atoms with Gasteiger partial charge in [-0.15, -0.1) is 6.58 Å². The second kappa shape index (κ2) is 6.23. The van der Waals surface area contributed by atoms with Crippen molar-refractivity contribution < 1.29 is 9.53 Å². The van der Waals surface area contributed by atoms with Crippen molar-refractivity contribution >= 4 is 11.6 Å². The Balaban J connectivity index is 1.56. The van der Waals surface area contributed by atoms with Gasteiger partial charge in [0.25, 0.3) is 5.91 Å². The number of amides is 1. The lowest BCUT2D eigenvalue weighted by atomic mass is 9.89. The summed E-state index contributed by atoms with van der Waals surface area (Å²) >= 11 is 0. The van der Waals surface area contributed by atoms with E-state index in [2.05, 4.69) is 45.4 Å². The van der Waals surface area contributed by atoms with Gasteiger partial charge in [-0.2, -0.15) is 0 Å². The molecule has 5 heterocycles. The number of ether oxygens (including phenoxy) is 1. The van der Waals surface area contributed by atoms with Crippen molar-refractivity contribution in [3.05, 3.63) is 55.0 Å². The SMILES string of the molecule is C=CCN1c2cccnc2-n2cccc2[C@@]12CCN(C(=O)[C@H]1CCCO1)C2. The summed E-state index contributed by atoms with van der Waals surface area (Å²) in [6.45, 7) is 6.79. The van der Waals surface area contributed by atoms with Gasteiger partial charge in [-0.05, 0) is 43.5 Å². The molecule has 0 saturated carbocycles. The summed E-state index contributed by atoms with van der Waals surface area (Å²) in [4.78, 5) is 22.0. The van der Waals surface area contributed by atoms with Gasteiger partial charge in [0, 0.05) is 38.6 Å². The van der Waals surface area contributed by atoms with Gasteiger partial charge in [-0.1, -0.05) is 6.08 Å². The number of likely N-dealkylation sites (tertiary alicyclic amines) is 1. The molecule has 6 nitrogen and oxygen atoms in total. The number of rotatable bonds is 3. The first-order chi connectivity index (χ1) is 13.2. The zero-order valence-corrected chi connectivity index (χ0v) is 15.4. The summed E-state index contributed by atoms with van der Waals surface area (Å²) < 4.78 is 7.83.